The van der Waals surface area contributed by atoms with Gasteiger partial charge < -0.3 is 5.73 Å². The third kappa shape index (κ3) is 2.15. The standard InChI is InChI=1S/C7H10N4.C2H6/c1-11-3-5-2-9-7(8)10-6(5)4-11;1-2/h2H,3-4H2,1H3,(H2,8,9,10);1-2H3. The summed E-state index contributed by atoms with van der Waals surface area (Å²) < 4.78 is 0. The normalized spacial score (nSPS) is 14.7. The highest BCUT2D eigenvalue weighted by Gasteiger charge is 2.16. The summed E-state index contributed by atoms with van der Waals surface area (Å²) in [6.07, 6.45) is 1.81. The van der Waals surface area contributed by atoms with Gasteiger partial charge in [0.2, 0.25) is 5.95 Å². The van der Waals surface area contributed by atoms with Crippen molar-refractivity contribution in [2.45, 2.75) is 26.9 Å². The molecule has 2 heterocycles. The van der Waals surface area contributed by atoms with E-state index >= 15 is 0 Å². The highest BCUT2D eigenvalue weighted by Crippen LogP contribution is 2.18. The molecule has 1 aliphatic rings. The number of nitrogens with two attached hydrogens (primary N) is 1. The molecule has 4 nitrogen and oxygen atoms in total. The molecule has 0 spiro atoms. The van der Waals surface area contributed by atoms with Gasteiger partial charge in [0.15, 0.2) is 0 Å². The summed E-state index contributed by atoms with van der Waals surface area (Å²) in [4.78, 5) is 10.2. The summed E-state index contributed by atoms with van der Waals surface area (Å²) >= 11 is 0. The predicted octanol–water partition coefficient (Wildman–Crippen LogP) is 1.03. The highest BCUT2D eigenvalue weighted by atomic mass is 15.1. The van der Waals surface area contributed by atoms with E-state index in [2.05, 4.69) is 21.9 Å². The van der Waals surface area contributed by atoms with Gasteiger partial charge in [0.1, 0.15) is 0 Å². The van der Waals surface area contributed by atoms with Crippen molar-refractivity contribution in [1.82, 2.24) is 14.9 Å². The number of fused-ring (bicyclic) bond motifs is 1. The maximum absolute atomic E-state index is 5.44. The van der Waals surface area contributed by atoms with E-state index in [0.717, 1.165) is 18.8 Å². The number of nitrogen functional groups attached to an aromatic ring is 1. The van der Waals surface area contributed by atoms with Crippen LogP contribution in [0.1, 0.15) is 25.1 Å². The maximum atomic E-state index is 5.44. The van der Waals surface area contributed by atoms with E-state index in [1.807, 2.05) is 13.8 Å². The first-order valence-corrected chi connectivity index (χ1v) is 4.54. The Morgan fingerprint density at radius 3 is 2.77 bits per heavy atom. The molecule has 13 heavy (non-hydrogen) atoms. The van der Waals surface area contributed by atoms with E-state index in [1.165, 1.54) is 5.56 Å². The number of nitrogens with zero attached hydrogens (tertiary/aromatic N) is 3. The molecule has 1 aromatic heterocycles. The second-order valence-corrected chi connectivity index (χ2v) is 2.87. The zero-order valence-corrected chi connectivity index (χ0v) is 8.41. The number of aromatic nitrogens is 2. The van der Waals surface area contributed by atoms with E-state index in [4.69, 9.17) is 5.73 Å². The van der Waals surface area contributed by atoms with Gasteiger partial charge in [-0.15, -0.1) is 0 Å². The SMILES string of the molecule is CC.CN1Cc2cnc(N)nc2C1. The fourth-order valence-corrected chi connectivity index (χ4v) is 1.33. The van der Waals surface area contributed by atoms with Crippen molar-refractivity contribution in [2.75, 3.05) is 12.8 Å². The van der Waals surface area contributed by atoms with Crippen LogP contribution in [0.25, 0.3) is 0 Å². The van der Waals surface area contributed by atoms with Gasteiger partial charge in [-0.1, -0.05) is 13.8 Å². The molecule has 0 aromatic carbocycles. The van der Waals surface area contributed by atoms with E-state index in [1.54, 1.807) is 6.20 Å². The molecule has 72 valence electrons. The molecule has 0 saturated heterocycles. The predicted molar refractivity (Wildman–Crippen MR) is 53.0 cm³/mol. The van der Waals surface area contributed by atoms with Crippen LogP contribution in [0.2, 0.25) is 0 Å². The lowest BCUT2D eigenvalue weighted by atomic mass is 10.3. The Morgan fingerprint density at radius 2 is 2.08 bits per heavy atom. The zero-order chi connectivity index (χ0) is 9.84. The van der Waals surface area contributed by atoms with Crippen LogP contribution in [0.15, 0.2) is 6.20 Å². The third-order valence-corrected chi connectivity index (χ3v) is 1.83. The third-order valence-electron chi connectivity index (χ3n) is 1.83. The average molecular weight is 180 g/mol. The number of rotatable bonds is 0. The first kappa shape index (κ1) is 9.92. The minimum atomic E-state index is 0.374. The molecule has 0 atom stereocenters. The van der Waals surface area contributed by atoms with Crippen LogP contribution in [-0.2, 0) is 13.1 Å². The van der Waals surface area contributed by atoms with Crippen molar-refractivity contribution in [3.05, 3.63) is 17.5 Å². The molecule has 4 heteroatoms. The summed E-state index contributed by atoms with van der Waals surface area (Å²) in [6.45, 7) is 5.83. The van der Waals surface area contributed by atoms with Gasteiger partial charge in [0.05, 0.1) is 5.69 Å². The van der Waals surface area contributed by atoms with Crippen molar-refractivity contribution in [3.63, 3.8) is 0 Å². The van der Waals surface area contributed by atoms with Gasteiger partial charge in [-0.2, -0.15) is 0 Å². The Hall–Kier alpha value is -1.16. The molecule has 0 radical (unpaired) electrons. The van der Waals surface area contributed by atoms with Crippen LogP contribution >= 0.6 is 0 Å². The zero-order valence-electron chi connectivity index (χ0n) is 8.41. The lowest BCUT2D eigenvalue weighted by Crippen LogP contribution is -2.07. The molecular weight excluding hydrogens is 164 g/mol. The fraction of sp³-hybridized carbons (Fsp3) is 0.556. The average Bonchev–Trinajstić information content (AvgIpc) is 2.48. The van der Waals surface area contributed by atoms with Crippen molar-refractivity contribution < 1.29 is 0 Å². The Kier molecular flexibility index (Phi) is 3.19. The van der Waals surface area contributed by atoms with E-state index < -0.39 is 0 Å². The Morgan fingerprint density at radius 1 is 1.38 bits per heavy atom. The fourth-order valence-electron chi connectivity index (χ4n) is 1.33. The van der Waals surface area contributed by atoms with Gasteiger partial charge in [0.25, 0.3) is 0 Å². The molecule has 0 amide bonds. The van der Waals surface area contributed by atoms with Gasteiger partial charge in [-0.3, -0.25) is 4.90 Å². The Balaban J connectivity index is 0.000000396. The summed E-state index contributed by atoms with van der Waals surface area (Å²) in [6, 6.07) is 0. The molecule has 0 fully saturated rings. The van der Waals surface area contributed by atoms with E-state index in [9.17, 15) is 0 Å². The first-order chi connectivity index (χ1) is 6.25. The summed E-state index contributed by atoms with van der Waals surface area (Å²) in [5.41, 5.74) is 7.70. The smallest absolute Gasteiger partial charge is 0.220 e. The quantitative estimate of drug-likeness (QED) is 0.648. The molecule has 2 rings (SSSR count). The number of hydrogen-bond donors (Lipinski definition) is 1. The molecule has 2 N–H and O–H groups in total. The maximum Gasteiger partial charge on any atom is 0.220 e. The van der Waals surface area contributed by atoms with Crippen LogP contribution in [0, 0.1) is 0 Å². The Labute approximate surface area is 78.8 Å². The van der Waals surface area contributed by atoms with Crippen molar-refractivity contribution >= 4 is 5.95 Å². The van der Waals surface area contributed by atoms with Crippen molar-refractivity contribution in [1.29, 1.82) is 0 Å². The van der Waals surface area contributed by atoms with Crippen LogP contribution < -0.4 is 5.73 Å². The largest absolute Gasteiger partial charge is 0.368 e. The van der Waals surface area contributed by atoms with Gasteiger partial charge in [0, 0.05) is 24.8 Å². The minimum absolute atomic E-state index is 0.374. The first-order valence-electron chi connectivity index (χ1n) is 4.54. The van der Waals surface area contributed by atoms with Crippen LogP contribution in [0.5, 0.6) is 0 Å². The summed E-state index contributed by atoms with van der Waals surface area (Å²) in [5.74, 6) is 0.374. The summed E-state index contributed by atoms with van der Waals surface area (Å²) in [7, 11) is 2.05. The van der Waals surface area contributed by atoms with Crippen molar-refractivity contribution in [2.24, 2.45) is 0 Å². The molecule has 0 bridgehead atoms. The Bertz CT molecular complexity index is 285. The number of anilines is 1. The minimum Gasteiger partial charge on any atom is -0.368 e. The molecular formula is C9H16N4. The second-order valence-electron chi connectivity index (χ2n) is 2.87. The molecule has 0 aliphatic carbocycles. The number of hydrogen-bond acceptors (Lipinski definition) is 4. The second kappa shape index (κ2) is 4.18. The van der Waals surface area contributed by atoms with Crippen LogP contribution in [0.4, 0.5) is 5.95 Å². The molecule has 1 aromatic rings. The van der Waals surface area contributed by atoms with Crippen LogP contribution in [0.3, 0.4) is 0 Å². The topological polar surface area (TPSA) is 55.0 Å². The van der Waals surface area contributed by atoms with Gasteiger partial charge in [-0.05, 0) is 7.05 Å². The van der Waals surface area contributed by atoms with E-state index in [-0.39, 0.29) is 0 Å². The lowest BCUT2D eigenvalue weighted by Gasteiger charge is -2.01. The molecule has 0 unspecified atom stereocenters. The van der Waals surface area contributed by atoms with Crippen molar-refractivity contribution in [3.8, 4) is 0 Å². The molecule has 0 saturated carbocycles. The van der Waals surface area contributed by atoms with Crippen LogP contribution in [-0.4, -0.2) is 21.9 Å². The van der Waals surface area contributed by atoms with Gasteiger partial charge in [-0.25, -0.2) is 9.97 Å². The molecule has 1 aliphatic heterocycles. The summed E-state index contributed by atoms with van der Waals surface area (Å²) in [5, 5.41) is 0. The monoisotopic (exact) mass is 180 g/mol. The van der Waals surface area contributed by atoms with Gasteiger partial charge >= 0.3 is 0 Å². The van der Waals surface area contributed by atoms with E-state index in [0.29, 0.717) is 5.95 Å². The highest BCUT2D eigenvalue weighted by molar-refractivity contribution is 5.27. The lowest BCUT2D eigenvalue weighted by molar-refractivity contribution is 0.351.